The predicted molar refractivity (Wildman–Crippen MR) is 291 cm³/mol. The number of phosphoric acid groups is 1. The van der Waals surface area contributed by atoms with Crippen LogP contribution < -0.4 is 4.89 Å². The molecule has 402 valence electrons. The predicted octanol–water partition coefficient (Wildman–Crippen LogP) is 16.9. The lowest BCUT2D eigenvalue weighted by Crippen LogP contribution is -2.37. The standard InChI is InChI=1S/C59H108NO8P/c1-6-8-10-12-14-16-18-19-20-21-22-23-24-25-26-27-28-29-30-31-32-33-34-35-36-37-38-39-40-41-42-44-46-48-50-52-59(62)68-57(56-67-69(63,64)66-54-53-60(3,4)5)55-65-58(61)51-49-47-45-43-17-15-13-11-9-7-2/h8,10,14,16,19-20,22-23,25-26,57H,6-7,9,11-13,15,17-18,21,24,27-56H2,1-5H3/b10-8-,16-14-,20-19-,23-22-,26-25-. The Morgan fingerprint density at radius 3 is 1.23 bits per heavy atom. The summed E-state index contributed by atoms with van der Waals surface area (Å²) in [4.78, 5) is 37.6. The van der Waals surface area contributed by atoms with Gasteiger partial charge in [0.1, 0.15) is 19.8 Å². The molecule has 0 radical (unpaired) electrons. The number of ether oxygens (including phenoxy) is 2. The van der Waals surface area contributed by atoms with Gasteiger partial charge < -0.3 is 27.9 Å². The minimum absolute atomic E-state index is 0.0294. The number of quaternary nitrogens is 1. The second kappa shape index (κ2) is 50.6. The fraction of sp³-hybridized carbons (Fsp3) is 0.797. The number of carbonyl (C=O) groups is 2. The van der Waals surface area contributed by atoms with Gasteiger partial charge in [-0.15, -0.1) is 0 Å². The monoisotopic (exact) mass is 990 g/mol. The highest BCUT2D eigenvalue weighted by Gasteiger charge is 2.22. The van der Waals surface area contributed by atoms with E-state index in [1.165, 1.54) is 148 Å². The summed E-state index contributed by atoms with van der Waals surface area (Å²) >= 11 is 0. The van der Waals surface area contributed by atoms with Crippen LogP contribution in [0.2, 0.25) is 0 Å². The van der Waals surface area contributed by atoms with E-state index in [4.69, 9.17) is 18.5 Å². The van der Waals surface area contributed by atoms with E-state index in [0.717, 1.165) is 70.6 Å². The van der Waals surface area contributed by atoms with Gasteiger partial charge in [0.25, 0.3) is 7.82 Å². The molecule has 0 aromatic rings. The largest absolute Gasteiger partial charge is 0.756 e. The Kier molecular flexibility index (Phi) is 49.0. The van der Waals surface area contributed by atoms with Crippen molar-refractivity contribution in [2.24, 2.45) is 0 Å². The zero-order valence-corrected chi connectivity index (χ0v) is 46.4. The van der Waals surface area contributed by atoms with Crippen LogP contribution in [0.25, 0.3) is 0 Å². The molecule has 9 nitrogen and oxygen atoms in total. The molecule has 0 aromatic carbocycles. The number of carbonyl (C=O) groups excluding carboxylic acids is 2. The number of phosphoric ester groups is 1. The molecular formula is C59H108NO8P. The van der Waals surface area contributed by atoms with Gasteiger partial charge in [-0.25, -0.2) is 0 Å². The van der Waals surface area contributed by atoms with Crippen molar-refractivity contribution >= 4 is 19.8 Å². The van der Waals surface area contributed by atoms with Crippen molar-refractivity contribution in [1.82, 2.24) is 0 Å². The second-order valence-electron chi connectivity index (χ2n) is 20.3. The summed E-state index contributed by atoms with van der Waals surface area (Å²) in [7, 11) is 1.17. The third-order valence-electron chi connectivity index (χ3n) is 12.3. The van der Waals surface area contributed by atoms with Crippen molar-refractivity contribution in [3.05, 3.63) is 60.8 Å². The summed E-state index contributed by atoms with van der Waals surface area (Å²) in [5.41, 5.74) is 0. The molecule has 0 bridgehead atoms. The molecule has 0 rings (SSSR count). The van der Waals surface area contributed by atoms with E-state index < -0.39 is 26.5 Å². The van der Waals surface area contributed by atoms with Gasteiger partial charge in [0.05, 0.1) is 27.7 Å². The molecule has 0 amide bonds. The van der Waals surface area contributed by atoms with Crippen molar-refractivity contribution in [3.8, 4) is 0 Å². The molecule has 0 heterocycles. The van der Waals surface area contributed by atoms with Crippen molar-refractivity contribution < 1.29 is 42.1 Å². The molecular weight excluding hydrogens is 882 g/mol. The average molecular weight is 990 g/mol. The fourth-order valence-electron chi connectivity index (χ4n) is 7.92. The van der Waals surface area contributed by atoms with Crippen LogP contribution in [0.1, 0.15) is 251 Å². The third kappa shape index (κ3) is 54.9. The number of allylic oxidation sites excluding steroid dienone is 10. The molecule has 2 unspecified atom stereocenters. The lowest BCUT2D eigenvalue weighted by Gasteiger charge is -2.28. The van der Waals surface area contributed by atoms with Crippen LogP contribution in [0.3, 0.4) is 0 Å². The van der Waals surface area contributed by atoms with Gasteiger partial charge in [-0.3, -0.25) is 14.2 Å². The van der Waals surface area contributed by atoms with E-state index in [0.29, 0.717) is 17.4 Å². The fourth-order valence-corrected chi connectivity index (χ4v) is 8.65. The van der Waals surface area contributed by atoms with Crippen molar-refractivity contribution in [1.29, 1.82) is 0 Å². The number of rotatable bonds is 52. The van der Waals surface area contributed by atoms with E-state index >= 15 is 0 Å². The minimum atomic E-state index is -4.63. The Balaban J connectivity index is 3.94. The number of unbranched alkanes of at least 4 members (excludes halogenated alkanes) is 28. The zero-order chi connectivity index (χ0) is 50.6. The van der Waals surface area contributed by atoms with Crippen LogP contribution in [0.15, 0.2) is 60.8 Å². The van der Waals surface area contributed by atoms with Crippen LogP contribution in [0.5, 0.6) is 0 Å². The summed E-state index contributed by atoms with van der Waals surface area (Å²) in [5.74, 6) is -0.826. The van der Waals surface area contributed by atoms with Gasteiger partial charge in [-0.1, -0.05) is 242 Å². The number of hydrogen-bond acceptors (Lipinski definition) is 8. The van der Waals surface area contributed by atoms with Gasteiger partial charge >= 0.3 is 11.9 Å². The summed E-state index contributed by atoms with van der Waals surface area (Å²) in [6, 6.07) is 0. The SMILES string of the molecule is CC/C=C\C/C=C\C/C=C\C/C=C\C/C=C\CCCCCCCCCCCCCCCCCCCCCC(=O)OC(COC(=O)CCCCCCCCCCCC)COP(=O)([O-])OCC[N+](C)(C)C. The molecule has 0 aromatic heterocycles. The lowest BCUT2D eigenvalue weighted by atomic mass is 10.0. The van der Waals surface area contributed by atoms with Crippen LogP contribution in [0.4, 0.5) is 0 Å². The molecule has 10 heteroatoms. The molecule has 0 saturated carbocycles. The smallest absolute Gasteiger partial charge is 0.306 e. The van der Waals surface area contributed by atoms with Crippen LogP contribution in [-0.2, 0) is 32.7 Å². The van der Waals surface area contributed by atoms with Crippen LogP contribution in [0, 0.1) is 0 Å². The third-order valence-corrected chi connectivity index (χ3v) is 13.3. The normalized spacial score (nSPS) is 13.8. The van der Waals surface area contributed by atoms with Crippen LogP contribution in [-0.4, -0.2) is 70.0 Å². The molecule has 0 aliphatic heterocycles. The molecule has 0 spiro atoms. The number of esters is 2. The van der Waals surface area contributed by atoms with Crippen molar-refractivity contribution in [3.63, 3.8) is 0 Å². The van der Waals surface area contributed by atoms with Gasteiger partial charge in [0.15, 0.2) is 6.10 Å². The van der Waals surface area contributed by atoms with Crippen molar-refractivity contribution in [2.75, 3.05) is 47.5 Å². The summed E-state index contributed by atoms with van der Waals surface area (Å²) < 4.78 is 34.0. The Labute approximate surface area is 426 Å². The molecule has 0 fully saturated rings. The topological polar surface area (TPSA) is 111 Å². The van der Waals surface area contributed by atoms with Crippen LogP contribution >= 0.6 is 7.82 Å². The minimum Gasteiger partial charge on any atom is -0.756 e. The second-order valence-corrected chi connectivity index (χ2v) is 21.7. The number of hydrogen-bond donors (Lipinski definition) is 0. The Morgan fingerprint density at radius 1 is 0.464 bits per heavy atom. The van der Waals surface area contributed by atoms with Gasteiger partial charge in [0.2, 0.25) is 0 Å². The summed E-state index contributed by atoms with van der Waals surface area (Å²) in [6.07, 6.45) is 64.3. The molecule has 0 saturated heterocycles. The number of nitrogens with zero attached hydrogens (tertiary/aromatic N) is 1. The van der Waals surface area contributed by atoms with E-state index in [1.54, 1.807) is 0 Å². The number of likely N-dealkylation sites (N-methyl/N-ethyl adjacent to an activating group) is 1. The molecule has 2 atom stereocenters. The van der Waals surface area contributed by atoms with Gasteiger partial charge in [-0.2, -0.15) is 0 Å². The zero-order valence-electron chi connectivity index (χ0n) is 45.5. The highest BCUT2D eigenvalue weighted by molar-refractivity contribution is 7.45. The molecule has 0 aliphatic rings. The molecule has 0 N–H and O–H groups in total. The first kappa shape index (κ1) is 66.7. The Morgan fingerprint density at radius 2 is 0.826 bits per heavy atom. The Hall–Kier alpha value is -2.29. The average Bonchev–Trinajstić information content (AvgIpc) is 3.31. The van der Waals surface area contributed by atoms with Gasteiger partial charge in [0, 0.05) is 12.8 Å². The van der Waals surface area contributed by atoms with E-state index in [2.05, 4.69) is 74.6 Å². The van der Waals surface area contributed by atoms with Gasteiger partial charge in [-0.05, 0) is 57.8 Å². The van der Waals surface area contributed by atoms with E-state index in [9.17, 15) is 19.0 Å². The maximum atomic E-state index is 12.7. The van der Waals surface area contributed by atoms with E-state index in [-0.39, 0.29) is 32.0 Å². The maximum absolute atomic E-state index is 12.7. The Bertz CT molecular complexity index is 1350. The first-order valence-electron chi connectivity index (χ1n) is 28.5. The first-order chi connectivity index (χ1) is 33.5. The molecule has 69 heavy (non-hydrogen) atoms. The lowest BCUT2D eigenvalue weighted by molar-refractivity contribution is -0.870. The first-order valence-corrected chi connectivity index (χ1v) is 30.0. The highest BCUT2D eigenvalue weighted by atomic mass is 31.2. The van der Waals surface area contributed by atoms with Crippen molar-refractivity contribution in [2.45, 2.75) is 258 Å². The van der Waals surface area contributed by atoms with E-state index in [1.807, 2.05) is 21.1 Å². The maximum Gasteiger partial charge on any atom is 0.306 e. The summed E-state index contributed by atoms with van der Waals surface area (Å²) in [5, 5.41) is 0. The quantitative estimate of drug-likeness (QED) is 0.0195. The summed E-state index contributed by atoms with van der Waals surface area (Å²) in [6.45, 7) is 4.12. The molecule has 0 aliphatic carbocycles. The highest BCUT2D eigenvalue weighted by Crippen LogP contribution is 2.38.